The van der Waals surface area contributed by atoms with Crippen LogP contribution in [0.25, 0.3) is 0 Å². The molecule has 3 N–H and O–H groups in total. The number of nitrogens with one attached hydrogen (secondary N) is 1. The van der Waals surface area contributed by atoms with Gasteiger partial charge in [-0.3, -0.25) is 4.72 Å². The normalized spacial score (nSPS) is 11.4. The molecule has 0 aromatic heterocycles. The Kier molecular flexibility index (Phi) is 4.44. The summed E-state index contributed by atoms with van der Waals surface area (Å²) in [6.07, 6.45) is 0.602. The van der Waals surface area contributed by atoms with E-state index in [0.717, 1.165) is 5.56 Å². The van der Waals surface area contributed by atoms with Crippen molar-refractivity contribution in [1.82, 2.24) is 0 Å². The van der Waals surface area contributed by atoms with Crippen molar-refractivity contribution in [2.24, 2.45) is 0 Å². The number of nitrogen functional groups attached to an aromatic ring is 1. The van der Waals surface area contributed by atoms with Crippen LogP contribution < -0.4 is 10.5 Å². The molecular formula is C15H17ClN2O2S. The number of hydrogen-bond donors (Lipinski definition) is 2. The maximum absolute atomic E-state index is 12.6. The van der Waals surface area contributed by atoms with Gasteiger partial charge in [0.1, 0.15) is 0 Å². The largest absolute Gasteiger partial charge is 0.399 e. The predicted molar refractivity (Wildman–Crippen MR) is 87.2 cm³/mol. The first-order valence-electron chi connectivity index (χ1n) is 6.51. The third-order valence-electron chi connectivity index (χ3n) is 3.27. The highest BCUT2D eigenvalue weighted by Gasteiger charge is 2.19. The Hall–Kier alpha value is -1.72. The highest BCUT2D eigenvalue weighted by Crippen LogP contribution is 2.27. The molecule has 0 atom stereocenters. The summed E-state index contributed by atoms with van der Waals surface area (Å²) in [7, 11) is -3.71. The Morgan fingerprint density at radius 2 is 1.95 bits per heavy atom. The van der Waals surface area contributed by atoms with Crippen LogP contribution in [0.2, 0.25) is 5.02 Å². The van der Waals surface area contributed by atoms with Crippen molar-refractivity contribution in [3.8, 4) is 0 Å². The van der Waals surface area contributed by atoms with Gasteiger partial charge in [0, 0.05) is 10.7 Å². The Bertz CT molecular complexity index is 773. The van der Waals surface area contributed by atoms with Crippen LogP contribution in [0.5, 0.6) is 0 Å². The van der Waals surface area contributed by atoms with Crippen LogP contribution in [0.1, 0.15) is 18.1 Å². The fourth-order valence-corrected chi connectivity index (χ4v) is 3.68. The van der Waals surface area contributed by atoms with Crippen molar-refractivity contribution in [1.29, 1.82) is 0 Å². The van der Waals surface area contributed by atoms with Gasteiger partial charge in [-0.2, -0.15) is 0 Å². The number of sulfonamides is 1. The molecule has 2 rings (SSSR count). The second-order valence-electron chi connectivity index (χ2n) is 4.74. The summed E-state index contributed by atoms with van der Waals surface area (Å²) in [6, 6.07) is 9.99. The minimum absolute atomic E-state index is 0.198. The molecule has 21 heavy (non-hydrogen) atoms. The average Bonchev–Trinajstić information content (AvgIpc) is 2.44. The van der Waals surface area contributed by atoms with Crippen molar-refractivity contribution >= 4 is 33.0 Å². The number of aryl methyl sites for hydroxylation is 1. The van der Waals surface area contributed by atoms with Gasteiger partial charge in [0.25, 0.3) is 10.0 Å². The van der Waals surface area contributed by atoms with Gasteiger partial charge in [-0.05, 0) is 48.7 Å². The van der Waals surface area contributed by atoms with E-state index in [4.69, 9.17) is 17.3 Å². The summed E-state index contributed by atoms with van der Waals surface area (Å²) in [4.78, 5) is 0.198. The molecule has 0 amide bonds. The molecule has 0 aliphatic carbocycles. The van der Waals surface area contributed by atoms with Gasteiger partial charge in [0.15, 0.2) is 0 Å². The molecule has 112 valence electrons. The Balaban J connectivity index is 2.48. The average molecular weight is 325 g/mol. The number of anilines is 2. The zero-order valence-electron chi connectivity index (χ0n) is 11.9. The molecule has 0 radical (unpaired) electrons. The number of halogens is 1. The van der Waals surface area contributed by atoms with Crippen LogP contribution in [0.3, 0.4) is 0 Å². The van der Waals surface area contributed by atoms with E-state index in [1.54, 1.807) is 37.3 Å². The maximum atomic E-state index is 12.6. The molecule has 0 heterocycles. The quantitative estimate of drug-likeness (QED) is 0.844. The molecular weight excluding hydrogens is 308 g/mol. The summed E-state index contributed by atoms with van der Waals surface area (Å²) in [5.41, 5.74) is 7.99. The zero-order valence-corrected chi connectivity index (χ0v) is 13.4. The predicted octanol–water partition coefficient (Wildman–Crippen LogP) is 3.59. The molecule has 0 unspecified atom stereocenters. The third kappa shape index (κ3) is 3.31. The first-order valence-corrected chi connectivity index (χ1v) is 8.37. The summed E-state index contributed by atoms with van der Waals surface area (Å²) in [5, 5.41) is 0.512. The minimum atomic E-state index is -3.71. The van der Waals surface area contributed by atoms with Gasteiger partial charge in [-0.1, -0.05) is 30.7 Å². The van der Waals surface area contributed by atoms with Gasteiger partial charge in [0.2, 0.25) is 0 Å². The first kappa shape index (κ1) is 15.7. The lowest BCUT2D eigenvalue weighted by Crippen LogP contribution is -2.16. The molecule has 0 saturated heterocycles. The molecule has 0 aliphatic heterocycles. The number of rotatable bonds is 4. The Labute approximate surface area is 130 Å². The molecule has 2 aromatic rings. The van der Waals surface area contributed by atoms with Gasteiger partial charge in [-0.15, -0.1) is 0 Å². The van der Waals surface area contributed by atoms with Crippen LogP contribution in [0.4, 0.5) is 11.4 Å². The molecule has 4 nitrogen and oxygen atoms in total. The standard InChI is InChI=1S/C15H17ClN2O2S/c1-3-11-7-8-12(17)9-15(11)21(19,20)18-14-6-4-5-13(16)10(14)2/h4-9,18H,3,17H2,1-2H3. The minimum Gasteiger partial charge on any atom is -0.399 e. The zero-order chi connectivity index (χ0) is 15.6. The number of hydrogen-bond acceptors (Lipinski definition) is 3. The van der Waals surface area contributed by atoms with Crippen molar-refractivity contribution < 1.29 is 8.42 Å². The fraction of sp³-hybridized carbons (Fsp3) is 0.200. The maximum Gasteiger partial charge on any atom is 0.262 e. The highest BCUT2D eigenvalue weighted by atomic mass is 35.5. The van der Waals surface area contributed by atoms with Crippen LogP contribution in [-0.4, -0.2) is 8.42 Å². The van der Waals surface area contributed by atoms with Gasteiger partial charge in [-0.25, -0.2) is 8.42 Å². The lowest BCUT2D eigenvalue weighted by Gasteiger charge is -2.14. The molecule has 0 fully saturated rings. The van der Waals surface area contributed by atoms with E-state index >= 15 is 0 Å². The smallest absolute Gasteiger partial charge is 0.262 e. The van der Waals surface area contributed by atoms with E-state index in [1.807, 2.05) is 6.92 Å². The Morgan fingerprint density at radius 1 is 1.24 bits per heavy atom. The number of nitrogens with two attached hydrogens (primary N) is 1. The molecule has 0 saturated carbocycles. The van der Waals surface area contributed by atoms with Crippen LogP contribution >= 0.6 is 11.6 Å². The van der Waals surface area contributed by atoms with Crippen molar-refractivity contribution in [2.45, 2.75) is 25.2 Å². The summed E-state index contributed by atoms with van der Waals surface area (Å²) < 4.78 is 27.8. The molecule has 6 heteroatoms. The van der Waals surface area contributed by atoms with Crippen LogP contribution in [0.15, 0.2) is 41.3 Å². The van der Waals surface area contributed by atoms with Crippen LogP contribution in [0, 0.1) is 6.92 Å². The van der Waals surface area contributed by atoms with E-state index in [2.05, 4.69) is 4.72 Å². The van der Waals surface area contributed by atoms with Gasteiger partial charge in [0.05, 0.1) is 10.6 Å². The van der Waals surface area contributed by atoms with Gasteiger partial charge < -0.3 is 5.73 Å². The van der Waals surface area contributed by atoms with E-state index in [0.29, 0.717) is 28.4 Å². The van der Waals surface area contributed by atoms with Crippen molar-refractivity contribution in [3.05, 3.63) is 52.5 Å². The fourth-order valence-electron chi connectivity index (χ4n) is 2.03. The van der Waals surface area contributed by atoms with E-state index in [9.17, 15) is 8.42 Å². The van der Waals surface area contributed by atoms with E-state index in [-0.39, 0.29) is 4.90 Å². The van der Waals surface area contributed by atoms with E-state index < -0.39 is 10.0 Å². The monoisotopic (exact) mass is 324 g/mol. The Morgan fingerprint density at radius 3 is 2.62 bits per heavy atom. The number of benzene rings is 2. The lowest BCUT2D eigenvalue weighted by molar-refractivity contribution is 0.600. The summed E-state index contributed by atoms with van der Waals surface area (Å²) in [6.45, 7) is 3.66. The summed E-state index contributed by atoms with van der Waals surface area (Å²) in [5.74, 6) is 0. The second-order valence-corrected chi connectivity index (χ2v) is 6.80. The highest BCUT2D eigenvalue weighted by molar-refractivity contribution is 7.92. The van der Waals surface area contributed by atoms with Gasteiger partial charge >= 0.3 is 0 Å². The third-order valence-corrected chi connectivity index (χ3v) is 5.13. The SMILES string of the molecule is CCc1ccc(N)cc1S(=O)(=O)Nc1cccc(Cl)c1C. The van der Waals surface area contributed by atoms with Crippen molar-refractivity contribution in [2.75, 3.05) is 10.5 Å². The summed E-state index contributed by atoms with van der Waals surface area (Å²) >= 11 is 6.02. The molecule has 0 spiro atoms. The second kappa shape index (κ2) is 5.95. The van der Waals surface area contributed by atoms with Crippen molar-refractivity contribution in [3.63, 3.8) is 0 Å². The topological polar surface area (TPSA) is 72.2 Å². The molecule has 0 bridgehead atoms. The van der Waals surface area contributed by atoms with E-state index in [1.165, 1.54) is 6.07 Å². The lowest BCUT2D eigenvalue weighted by atomic mass is 10.1. The van der Waals surface area contributed by atoms with Crippen LogP contribution in [-0.2, 0) is 16.4 Å². The first-order chi connectivity index (χ1) is 9.85. The molecule has 2 aromatic carbocycles. The molecule has 0 aliphatic rings.